The lowest BCUT2D eigenvalue weighted by Gasteiger charge is -2.28. The lowest BCUT2D eigenvalue weighted by molar-refractivity contribution is 0.0714. The predicted octanol–water partition coefficient (Wildman–Crippen LogP) is 1.77. The van der Waals surface area contributed by atoms with Crippen LogP contribution in [0, 0.1) is 0 Å². The molecule has 5 heteroatoms. The van der Waals surface area contributed by atoms with Gasteiger partial charge in [-0.3, -0.25) is 4.79 Å². The van der Waals surface area contributed by atoms with E-state index in [9.17, 15) is 9.90 Å². The standard InChI is InChI=1S/C12H15ClN2O2/c13-11-7-3-5-9(14-11)12(17)15-8-4-1-2-6-10(8)16/h3,5,7-8,10,16H,1-2,4,6H2,(H,15,17)/t8-,10-/m0/s1. The molecule has 2 rings (SSSR count). The van der Waals surface area contributed by atoms with Crippen molar-refractivity contribution < 1.29 is 9.90 Å². The highest BCUT2D eigenvalue weighted by molar-refractivity contribution is 6.29. The first-order valence-electron chi connectivity index (χ1n) is 5.78. The van der Waals surface area contributed by atoms with Gasteiger partial charge in [0, 0.05) is 0 Å². The largest absolute Gasteiger partial charge is 0.391 e. The van der Waals surface area contributed by atoms with Gasteiger partial charge in [-0.2, -0.15) is 0 Å². The molecule has 1 amide bonds. The second-order valence-electron chi connectivity index (χ2n) is 4.28. The number of pyridine rings is 1. The molecule has 1 aliphatic carbocycles. The molecule has 17 heavy (non-hydrogen) atoms. The summed E-state index contributed by atoms with van der Waals surface area (Å²) in [6, 6.07) is 4.74. The number of aromatic nitrogens is 1. The number of rotatable bonds is 2. The number of carbonyl (C=O) groups excluding carboxylic acids is 1. The Morgan fingerprint density at radius 1 is 1.41 bits per heavy atom. The Labute approximate surface area is 105 Å². The highest BCUT2D eigenvalue weighted by Crippen LogP contribution is 2.18. The Hall–Kier alpha value is -1.13. The summed E-state index contributed by atoms with van der Waals surface area (Å²) in [5, 5.41) is 12.9. The number of hydrogen-bond acceptors (Lipinski definition) is 3. The van der Waals surface area contributed by atoms with Crippen LogP contribution in [0.25, 0.3) is 0 Å². The molecule has 1 aliphatic rings. The molecule has 0 unspecified atom stereocenters. The third-order valence-electron chi connectivity index (χ3n) is 2.99. The number of nitrogens with zero attached hydrogens (tertiary/aromatic N) is 1. The van der Waals surface area contributed by atoms with Crippen LogP contribution in [-0.4, -0.2) is 28.1 Å². The summed E-state index contributed by atoms with van der Waals surface area (Å²) in [4.78, 5) is 15.8. The summed E-state index contributed by atoms with van der Waals surface area (Å²) in [7, 11) is 0. The highest BCUT2D eigenvalue weighted by atomic mass is 35.5. The fourth-order valence-corrected chi connectivity index (χ4v) is 2.22. The maximum absolute atomic E-state index is 11.9. The molecule has 0 saturated heterocycles. The number of aliphatic hydroxyl groups excluding tert-OH is 1. The van der Waals surface area contributed by atoms with Gasteiger partial charge in [0.1, 0.15) is 10.8 Å². The molecule has 4 nitrogen and oxygen atoms in total. The molecule has 1 aromatic rings. The van der Waals surface area contributed by atoms with Crippen molar-refractivity contribution in [1.29, 1.82) is 0 Å². The molecule has 0 aliphatic heterocycles. The SMILES string of the molecule is O=C(N[C@H]1CCCC[C@@H]1O)c1cccc(Cl)n1. The summed E-state index contributed by atoms with van der Waals surface area (Å²) >= 11 is 5.72. The summed E-state index contributed by atoms with van der Waals surface area (Å²) in [6.07, 6.45) is 3.15. The molecule has 1 fully saturated rings. The van der Waals surface area contributed by atoms with Crippen molar-refractivity contribution in [1.82, 2.24) is 10.3 Å². The van der Waals surface area contributed by atoms with E-state index < -0.39 is 6.10 Å². The van der Waals surface area contributed by atoms with Crippen LogP contribution < -0.4 is 5.32 Å². The Morgan fingerprint density at radius 3 is 2.88 bits per heavy atom. The van der Waals surface area contributed by atoms with Gasteiger partial charge in [-0.25, -0.2) is 4.98 Å². The Bertz CT molecular complexity index is 411. The number of nitrogens with one attached hydrogen (secondary N) is 1. The number of halogens is 1. The molecule has 92 valence electrons. The van der Waals surface area contributed by atoms with Gasteiger partial charge < -0.3 is 10.4 Å². The molecule has 1 aromatic heterocycles. The maximum atomic E-state index is 11.9. The van der Waals surface area contributed by atoms with E-state index in [0.29, 0.717) is 5.15 Å². The zero-order valence-corrected chi connectivity index (χ0v) is 10.2. The summed E-state index contributed by atoms with van der Waals surface area (Å²) in [5.74, 6) is -0.279. The molecule has 1 saturated carbocycles. The van der Waals surface area contributed by atoms with Gasteiger partial charge in [-0.05, 0) is 25.0 Å². The highest BCUT2D eigenvalue weighted by Gasteiger charge is 2.25. The first kappa shape index (κ1) is 12.3. The molecule has 2 atom stereocenters. The van der Waals surface area contributed by atoms with Crippen LogP contribution in [0.15, 0.2) is 18.2 Å². The van der Waals surface area contributed by atoms with Gasteiger partial charge in [0.25, 0.3) is 5.91 Å². The molecule has 2 N–H and O–H groups in total. The van der Waals surface area contributed by atoms with Crippen LogP contribution in [0.3, 0.4) is 0 Å². The van der Waals surface area contributed by atoms with E-state index in [1.807, 2.05) is 0 Å². The van der Waals surface area contributed by atoms with Gasteiger partial charge >= 0.3 is 0 Å². The summed E-state index contributed by atoms with van der Waals surface area (Å²) < 4.78 is 0. The van der Waals surface area contributed by atoms with Crippen molar-refractivity contribution in [2.75, 3.05) is 0 Å². The van der Waals surface area contributed by atoms with Gasteiger partial charge in [0.2, 0.25) is 0 Å². The fraction of sp³-hybridized carbons (Fsp3) is 0.500. The fourth-order valence-electron chi connectivity index (χ4n) is 2.06. The van der Waals surface area contributed by atoms with Crippen LogP contribution in [-0.2, 0) is 0 Å². The average molecular weight is 255 g/mol. The zero-order valence-electron chi connectivity index (χ0n) is 9.40. The van der Waals surface area contributed by atoms with Crippen molar-refractivity contribution in [2.45, 2.75) is 37.8 Å². The monoisotopic (exact) mass is 254 g/mol. The van der Waals surface area contributed by atoms with Gasteiger partial charge in [-0.1, -0.05) is 30.5 Å². The van der Waals surface area contributed by atoms with E-state index in [2.05, 4.69) is 10.3 Å². The Morgan fingerprint density at radius 2 is 2.18 bits per heavy atom. The lowest BCUT2D eigenvalue weighted by Crippen LogP contribution is -2.45. The normalized spacial score (nSPS) is 24.4. The minimum absolute atomic E-state index is 0.169. The lowest BCUT2D eigenvalue weighted by atomic mass is 9.92. The number of amides is 1. The number of aliphatic hydroxyl groups is 1. The van der Waals surface area contributed by atoms with E-state index in [1.165, 1.54) is 0 Å². The van der Waals surface area contributed by atoms with Crippen molar-refractivity contribution in [3.8, 4) is 0 Å². The molecule has 1 heterocycles. The second kappa shape index (κ2) is 5.47. The smallest absolute Gasteiger partial charge is 0.270 e. The Kier molecular flexibility index (Phi) is 3.97. The van der Waals surface area contributed by atoms with Gasteiger partial charge in [-0.15, -0.1) is 0 Å². The van der Waals surface area contributed by atoms with E-state index in [1.54, 1.807) is 18.2 Å². The van der Waals surface area contributed by atoms with Crippen LogP contribution >= 0.6 is 11.6 Å². The van der Waals surface area contributed by atoms with Crippen molar-refractivity contribution in [3.63, 3.8) is 0 Å². The number of carbonyl (C=O) groups is 1. The van der Waals surface area contributed by atoms with Gasteiger partial charge in [0.05, 0.1) is 12.1 Å². The first-order valence-corrected chi connectivity index (χ1v) is 6.16. The van der Waals surface area contributed by atoms with E-state index >= 15 is 0 Å². The van der Waals surface area contributed by atoms with E-state index in [-0.39, 0.29) is 17.6 Å². The minimum atomic E-state index is -0.452. The second-order valence-corrected chi connectivity index (χ2v) is 4.66. The molecule has 0 radical (unpaired) electrons. The van der Waals surface area contributed by atoms with Crippen molar-refractivity contribution in [2.24, 2.45) is 0 Å². The topological polar surface area (TPSA) is 62.2 Å². The van der Waals surface area contributed by atoms with Crippen molar-refractivity contribution >= 4 is 17.5 Å². The van der Waals surface area contributed by atoms with E-state index in [4.69, 9.17) is 11.6 Å². The van der Waals surface area contributed by atoms with Gasteiger partial charge in [0.15, 0.2) is 0 Å². The average Bonchev–Trinajstić information content (AvgIpc) is 2.32. The third-order valence-corrected chi connectivity index (χ3v) is 3.20. The van der Waals surface area contributed by atoms with Crippen molar-refractivity contribution in [3.05, 3.63) is 29.0 Å². The van der Waals surface area contributed by atoms with Crippen LogP contribution in [0.4, 0.5) is 0 Å². The zero-order chi connectivity index (χ0) is 12.3. The Balaban J connectivity index is 2.01. The van der Waals surface area contributed by atoms with Crippen LogP contribution in [0.2, 0.25) is 5.15 Å². The van der Waals surface area contributed by atoms with Crippen LogP contribution in [0.1, 0.15) is 36.2 Å². The quantitative estimate of drug-likeness (QED) is 0.791. The van der Waals surface area contributed by atoms with Crippen LogP contribution in [0.5, 0.6) is 0 Å². The maximum Gasteiger partial charge on any atom is 0.270 e. The molecular formula is C12H15ClN2O2. The number of hydrogen-bond donors (Lipinski definition) is 2. The predicted molar refractivity (Wildman–Crippen MR) is 65.0 cm³/mol. The molecule has 0 bridgehead atoms. The first-order chi connectivity index (χ1) is 8.16. The summed E-state index contributed by atoms with van der Waals surface area (Å²) in [6.45, 7) is 0. The third kappa shape index (κ3) is 3.17. The minimum Gasteiger partial charge on any atom is -0.391 e. The summed E-state index contributed by atoms with van der Waals surface area (Å²) in [5.41, 5.74) is 0.287. The molecular weight excluding hydrogens is 240 g/mol. The van der Waals surface area contributed by atoms with E-state index in [0.717, 1.165) is 25.7 Å². The molecule has 0 aromatic carbocycles. The molecule has 0 spiro atoms.